The Balaban J connectivity index is 1.56. The molecule has 32 heavy (non-hydrogen) atoms. The number of anilines is 1. The fourth-order valence-electron chi connectivity index (χ4n) is 3.94. The van der Waals surface area contributed by atoms with Crippen LogP contribution in [-0.4, -0.2) is 17.1 Å². The van der Waals surface area contributed by atoms with E-state index in [-0.39, 0.29) is 11.8 Å². The molecule has 5 heteroatoms. The van der Waals surface area contributed by atoms with Crippen molar-refractivity contribution in [3.63, 3.8) is 0 Å². The van der Waals surface area contributed by atoms with Crippen LogP contribution in [0.1, 0.15) is 29.2 Å². The summed E-state index contributed by atoms with van der Waals surface area (Å²) in [6.07, 6.45) is 0. The number of para-hydroxylation sites is 1. The summed E-state index contributed by atoms with van der Waals surface area (Å²) < 4.78 is 0. The zero-order valence-corrected chi connectivity index (χ0v) is 19.5. The lowest BCUT2D eigenvalue weighted by molar-refractivity contribution is -0.128. The first-order valence-corrected chi connectivity index (χ1v) is 11.8. The molecular formula is C27H28N2O2S. The molecule has 0 saturated heterocycles. The van der Waals surface area contributed by atoms with E-state index in [1.54, 1.807) is 0 Å². The lowest BCUT2D eigenvalue weighted by Gasteiger charge is -2.36. The quantitative estimate of drug-likeness (QED) is 0.564. The van der Waals surface area contributed by atoms with E-state index in [2.05, 4.69) is 37.4 Å². The van der Waals surface area contributed by atoms with E-state index in [1.807, 2.05) is 66.4 Å². The maximum atomic E-state index is 13.6. The third-order valence-corrected chi connectivity index (χ3v) is 7.39. The molecule has 164 valence electrons. The highest BCUT2D eigenvalue weighted by Crippen LogP contribution is 2.42. The molecule has 0 radical (unpaired) electrons. The first-order valence-electron chi connectivity index (χ1n) is 10.9. The molecule has 2 atom stereocenters. The van der Waals surface area contributed by atoms with Crippen LogP contribution in [0.5, 0.6) is 0 Å². The number of hydrogen-bond acceptors (Lipinski definition) is 3. The van der Waals surface area contributed by atoms with Gasteiger partial charge in [-0.3, -0.25) is 9.59 Å². The van der Waals surface area contributed by atoms with Gasteiger partial charge in [-0.2, -0.15) is 0 Å². The number of benzene rings is 3. The number of carbonyl (C=O) groups is 2. The van der Waals surface area contributed by atoms with Gasteiger partial charge in [-0.25, -0.2) is 0 Å². The fraction of sp³-hybridized carbons (Fsp3) is 0.259. The van der Waals surface area contributed by atoms with Gasteiger partial charge in [0, 0.05) is 11.4 Å². The van der Waals surface area contributed by atoms with Gasteiger partial charge in [-0.1, -0.05) is 73.2 Å². The van der Waals surface area contributed by atoms with Crippen LogP contribution in [0.15, 0.2) is 77.7 Å². The molecular weight excluding hydrogens is 416 g/mol. The second-order valence-corrected chi connectivity index (χ2v) is 9.54. The monoisotopic (exact) mass is 444 g/mol. The Labute approximate surface area is 194 Å². The molecule has 0 saturated carbocycles. The Morgan fingerprint density at radius 1 is 1.03 bits per heavy atom. The van der Waals surface area contributed by atoms with Crippen LogP contribution in [0, 0.1) is 19.8 Å². The molecule has 0 spiro atoms. The highest BCUT2D eigenvalue weighted by Gasteiger charge is 2.39. The predicted molar refractivity (Wildman–Crippen MR) is 131 cm³/mol. The summed E-state index contributed by atoms with van der Waals surface area (Å²) in [7, 11) is 0. The fourth-order valence-corrected chi connectivity index (χ4v) is 5.23. The first-order chi connectivity index (χ1) is 15.4. The number of aryl methyl sites for hydroxylation is 2. The van der Waals surface area contributed by atoms with E-state index in [0.29, 0.717) is 13.1 Å². The minimum Gasteiger partial charge on any atom is -0.352 e. The maximum Gasteiger partial charge on any atom is 0.241 e. The lowest BCUT2D eigenvalue weighted by Crippen LogP contribution is -2.47. The molecule has 1 N–H and O–H groups in total. The van der Waals surface area contributed by atoms with Crippen LogP contribution in [0.4, 0.5) is 5.69 Å². The van der Waals surface area contributed by atoms with E-state index in [1.165, 1.54) is 17.3 Å². The van der Waals surface area contributed by atoms with Crippen molar-refractivity contribution in [1.82, 2.24) is 5.32 Å². The molecule has 0 aromatic heterocycles. The summed E-state index contributed by atoms with van der Waals surface area (Å²) in [5.74, 6) is -0.576. The SMILES string of the molecule is Cc1ccc(C)c(CN2C(=O)[C@@H]([C@@H](C)C(=O)NCc3ccccc3)Sc3ccccc32)c1. The normalized spacial score (nSPS) is 16.4. The van der Waals surface area contributed by atoms with Crippen molar-refractivity contribution in [1.29, 1.82) is 0 Å². The second-order valence-electron chi connectivity index (χ2n) is 8.35. The smallest absolute Gasteiger partial charge is 0.241 e. The highest BCUT2D eigenvalue weighted by molar-refractivity contribution is 8.01. The van der Waals surface area contributed by atoms with Gasteiger partial charge in [0.1, 0.15) is 5.25 Å². The Morgan fingerprint density at radius 3 is 2.53 bits per heavy atom. The summed E-state index contributed by atoms with van der Waals surface area (Å²) >= 11 is 1.49. The summed E-state index contributed by atoms with van der Waals surface area (Å²) in [5.41, 5.74) is 5.40. The molecule has 1 aliphatic heterocycles. The number of nitrogens with zero attached hydrogens (tertiary/aromatic N) is 1. The van der Waals surface area contributed by atoms with Crippen LogP contribution in [0.2, 0.25) is 0 Å². The van der Waals surface area contributed by atoms with Gasteiger partial charge in [0.25, 0.3) is 0 Å². The van der Waals surface area contributed by atoms with Crippen LogP contribution in [-0.2, 0) is 22.7 Å². The molecule has 0 fully saturated rings. The molecule has 2 amide bonds. The van der Waals surface area contributed by atoms with Crippen molar-refractivity contribution in [3.05, 3.63) is 95.1 Å². The van der Waals surface area contributed by atoms with E-state index in [9.17, 15) is 9.59 Å². The Hall–Kier alpha value is -3.05. The van der Waals surface area contributed by atoms with Gasteiger partial charge in [-0.05, 0) is 42.7 Å². The molecule has 3 aromatic carbocycles. The maximum absolute atomic E-state index is 13.6. The summed E-state index contributed by atoms with van der Waals surface area (Å²) in [6.45, 7) is 6.94. The number of fused-ring (bicyclic) bond motifs is 1. The molecule has 1 aliphatic rings. The standard InChI is InChI=1S/C27H28N2O2S/c1-18-13-14-19(2)22(15-18)17-29-23-11-7-8-12-24(23)32-25(27(29)31)20(3)26(30)28-16-21-9-5-4-6-10-21/h4-15,20,25H,16-17H2,1-3H3,(H,28,30)/t20-,25-/m1/s1. The Morgan fingerprint density at radius 2 is 1.75 bits per heavy atom. The zero-order chi connectivity index (χ0) is 22.7. The topological polar surface area (TPSA) is 49.4 Å². The van der Waals surface area contributed by atoms with Gasteiger partial charge in [0.15, 0.2) is 0 Å². The van der Waals surface area contributed by atoms with Gasteiger partial charge in [0.05, 0.1) is 18.2 Å². The minimum absolute atomic E-state index is 0.0167. The number of thioether (sulfide) groups is 1. The number of nitrogens with one attached hydrogen (secondary N) is 1. The van der Waals surface area contributed by atoms with Crippen molar-refractivity contribution in [2.45, 2.75) is 44.0 Å². The number of amides is 2. The number of rotatable bonds is 6. The highest BCUT2D eigenvalue weighted by atomic mass is 32.2. The average molecular weight is 445 g/mol. The van der Waals surface area contributed by atoms with Gasteiger partial charge >= 0.3 is 0 Å². The molecule has 3 aromatic rings. The molecule has 0 unspecified atom stereocenters. The Kier molecular flexibility index (Phi) is 6.66. The van der Waals surface area contributed by atoms with Gasteiger partial charge in [0.2, 0.25) is 11.8 Å². The van der Waals surface area contributed by atoms with Gasteiger partial charge < -0.3 is 10.2 Å². The summed E-state index contributed by atoms with van der Waals surface area (Å²) in [6, 6.07) is 24.1. The number of carbonyl (C=O) groups excluding carboxylic acids is 2. The molecule has 4 nitrogen and oxygen atoms in total. The van der Waals surface area contributed by atoms with Crippen molar-refractivity contribution in [2.24, 2.45) is 5.92 Å². The van der Waals surface area contributed by atoms with Crippen molar-refractivity contribution < 1.29 is 9.59 Å². The van der Waals surface area contributed by atoms with Crippen LogP contribution < -0.4 is 10.2 Å². The third-order valence-electron chi connectivity index (χ3n) is 5.93. The van der Waals surface area contributed by atoms with Crippen molar-refractivity contribution in [3.8, 4) is 0 Å². The molecule has 1 heterocycles. The molecule has 0 aliphatic carbocycles. The van der Waals surface area contributed by atoms with E-state index in [4.69, 9.17) is 0 Å². The van der Waals surface area contributed by atoms with E-state index in [0.717, 1.165) is 27.3 Å². The van der Waals surface area contributed by atoms with Crippen LogP contribution >= 0.6 is 11.8 Å². The van der Waals surface area contributed by atoms with Crippen LogP contribution in [0.3, 0.4) is 0 Å². The van der Waals surface area contributed by atoms with E-state index < -0.39 is 11.2 Å². The van der Waals surface area contributed by atoms with Gasteiger partial charge in [-0.15, -0.1) is 11.8 Å². The van der Waals surface area contributed by atoms with Crippen LogP contribution in [0.25, 0.3) is 0 Å². The minimum atomic E-state index is -0.467. The summed E-state index contributed by atoms with van der Waals surface area (Å²) in [4.78, 5) is 29.5. The second kappa shape index (κ2) is 9.61. The number of hydrogen-bond donors (Lipinski definition) is 1. The third kappa shape index (κ3) is 4.73. The molecule has 4 rings (SSSR count). The largest absolute Gasteiger partial charge is 0.352 e. The molecule has 0 bridgehead atoms. The predicted octanol–water partition coefficient (Wildman–Crippen LogP) is 5.26. The zero-order valence-electron chi connectivity index (χ0n) is 18.7. The Bertz CT molecular complexity index is 1130. The lowest BCUT2D eigenvalue weighted by atomic mass is 10.0. The van der Waals surface area contributed by atoms with E-state index >= 15 is 0 Å². The van der Waals surface area contributed by atoms with Crippen molar-refractivity contribution in [2.75, 3.05) is 4.90 Å². The summed E-state index contributed by atoms with van der Waals surface area (Å²) in [5, 5.41) is 2.53. The average Bonchev–Trinajstić information content (AvgIpc) is 2.81. The van der Waals surface area contributed by atoms with Crippen molar-refractivity contribution >= 4 is 29.3 Å². The first kappa shape index (κ1) is 22.2.